The zero-order valence-electron chi connectivity index (χ0n) is 13.4. The minimum absolute atomic E-state index is 0.225. The molecule has 0 aliphatic carbocycles. The number of nitrogens with zero attached hydrogens (tertiary/aromatic N) is 1. The number of ether oxygens (including phenoxy) is 1. The number of benzene rings is 1. The molecule has 1 aliphatic heterocycles. The SMILES string of the molecule is CCC1(C)CN(CCOc2ccc(Br)cc2)C(C)CCN1. The largest absolute Gasteiger partial charge is 0.492 e. The molecule has 1 aliphatic rings. The zero-order valence-corrected chi connectivity index (χ0v) is 14.9. The van der Waals surface area contributed by atoms with E-state index in [1.165, 1.54) is 6.42 Å². The van der Waals surface area contributed by atoms with Gasteiger partial charge in [-0.1, -0.05) is 22.9 Å². The average Bonchev–Trinajstić information content (AvgIpc) is 2.61. The van der Waals surface area contributed by atoms with Crippen LogP contribution in [-0.4, -0.2) is 42.7 Å². The van der Waals surface area contributed by atoms with Gasteiger partial charge in [0, 0.05) is 29.1 Å². The fraction of sp³-hybridized carbons (Fsp3) is 0.647. The highest BCUT2D eigenvalue weighted by Crippen LogP contribution is 2.19. The van der Waals surface area contributed by atoms with E-state index in [0.717, 1.165) is 42.9 Å². The summed E-state index contributed by atoms with van der Waals surface area (Å²) in [4.78, 5) is 2.56. The molecule has 1 heterocycles. The Labute approximate surface area is 137 Å². The highest BCUT2D eigenvalue weighted by Gasteiger charge is 2.29. The van der Waals surface area contributed by atoms with E-state index in [0.29, 0.717) is 6.04 Å². The first kappa shape index (κ1) is 16.8. The molecule has 3 nitrogen and oxygen atoms in total. The van der Waals surface area contributed by atoms with Crippen molar-refractivity contribution in [3.05, 3.63) is 28.7 Å². The summed E-state index contributed by atoms with van der Waals surface area (Å²) >= 11 is 3.44. The van der Waals surface area contributed by atoms with E-state index in [1.807, 2.05) is 24.3 Å². The number of hydrogen-bond donors (Lipinski definition) is 1. The Hall–Kier alpha value is -0.580. The van der Waals surface area contributed by atoms with Gasteiger partial charge in [-0.3, -0.25) is 4.90 Å². The van der Waals surface area contributed by atoms with Crippen molar-refractivity contribution in [1.29, 1.82) is 0 Å². The van der Waals surface area contributed by atoms with Crippen LogP contribution in [0, 0.1) is 0 Å². The van der Waals surface area contributed by atoms with E-state index >= 15 is 0 Å². The van der Waals surface area contributed by atoms with Crippen LogP contribution in [-0.2, 0) is 0 Å². The quantitative estimate of drug-likeness (QED) is 0.872. The molecule has 1 aromatic rings. The second-order valence-corrected chi connectivity index (χ2v) is 7.17. The maximum absolute atomic E-state index is 5.87. The first-order valence-corrected chi connectivity index (χ1v) is 8.69. The molecule has 118 valence electrons. The molecular weight excluding hydrogens is 328 g/mol. The van der Waals surface area contributed by atoms with Gasteiger partial charge in [0.05, 0.1) is 0 Å². The highest BCUT2D eigenvalue weighted by atomic mass is 79.9. The van der Waals surface area contributed by atoms with E-state index in [9.17, 15) is 0 Å². The maximum atomic E-state index is 5.87. The molecule has 0 spiro atoms. The maximum Gasteiger partial charge on any atom is 0.119 e. The van der Waals surface area contributed by atoms with Crippen molar-refractivity contribution in [3.63, 3.8) is 0 Å². The van der Waals surface area contributed by atoms with Gasteiger partial charge in [0.25, 0.3) is 0 Å². The standard InChI is InChI=1S/C17H27BrN2O/c1-4-17(3)13-20(14(2)9-10-19-17)11-12-21-16-7-5-15(18)6-8-16/h5-8,14,19H,4,9-13H2,1-3H3. The van der Waals surface area contributed by atoms with Gasteiger partial charge in [0.1, 0.15) is 12.4 Å². The summed E-state index contributed by atoms with van der Waals surface area (Å²) in [5.41, 5.74) is 0.225. The molecule has 0 saturated carbocycles. The normalized spacial score (nSPS) is 27.3. The van der Waals surface area contributed by atoms with E-state index in [-0.39, 0.29) is 5.54 Å². The third-order valence-electron chi connectivity index (χ3n) is 4.53. The predicted octanol–water partition coefficient (Wildman–Crippen LogP) is 3.68. The van der Waals surface area contributed by atoms with Crippen LogP contribution in [0.3, 0.4) is 0 Å². The molecule has 1 fully saturated rings. The monoisotopic (exact) mass is 354 g/mol. The number of hydrogen-bond acceptors (Lipinski definition) is 3. The Kier molecular flexibility index (Phi) is 6.08. The van der Waals surface area contributed by atoms with Crippen molar-refractivity contribution in [2.75, 3.05) is 26.2 Å². The molecule has 0 radical (unpaired) electrons. The van der Waals surface area contributed by atoms with Gasteiger partial charge in [0.15, 0.2) is 0 Å². The molecule has 21 heavy (non-hydrogen) atoms. The fourth-order valence-corrected chi connectivity index (χ4v) is 3.04. The van der Waals surface area contributed by atoms with Crippen LogP contribution in [0.15, 0.2) is 28.7 Å². The van der Waals surface area contributed by atoms with Crippen molar-refractivity contribution < 1.29 is 4.74 Å². The lowest BCUT2D eigenvalue weighted by Crippen LogP contribution is -2.50. The van der Waals surface area contributed by atoms with Gasteiger partial charge >= 0.3 is 0 Å². The molecule has 2 atom stereocenters. The van der Waals surface area contributed by atoms with Crippen LogP contribution >= 0.6 is 15.9 Å². The van der Waals surface area contributed by atoms with Crippen LogP contribution in [0.4, 0.5) is 0 Å². The van der Waals surface area contributed by atoms with Crippen LogP contribution in [0.2, 0.25) is 0 Å². The molecule has 4 heteroatoms. The Bertz CT molecular complexity index is 437. The predicted molar refractivity (Wildman–Crippen MR) is 92.0 cm³/mol. The molecule has 0 bridgehead atoms. The topological polar surface area (TPSA) is 24.5 Å². The van der Waals surface area contributed by atoms with Crippen molar-refractivity contribution in [2.45, 2.75) is 45.2 Å². The Morgan fingerprint density at radius 2 is 2.10 bits per heavy atom. The summed E-state index contributed by atoms with van der Waals surface area (Å²) in [6.07, 6.45) is 2.36. The lowest BCUT2D eigenvalue weighted by Gasteiger charge is -2.34. The summed E-state index contributed by atoms with van der Waals surface area (Å²) in [7, 11) is 0. The minimum atomic E-state index is 0.225. The van der Waals surface area contributed by atoms with Crippen LogP contribution < -0.4 is 10.1 Å². The number of nitrogens with one attached hydrogen (secondary N) is 1. The summed E-state index contributed by atoms with van der Waals surface area (Å²) in [6.45, 7) is 10.8. The second-order valence-electron chi connectivity index (χ2n) is 6.25. The third-order valence-corrected chi connectivity index (χ3v) is 5.06. The molecule has 0 amide bonds. The van der Waals surface area contributed by atoms with Gasteiger partial charge in [-0.05, 0) is 57.5 Å². The summed E-state index contributed by atoms with van der Waals surface area (Å²) in [5, 5.41) is 3.69. The van der Waals surface area contributed by atoms with E-state index < -0.39 is 0 Å². The van der Waals surface area contributed by atoms with E-state index in [2.05, 4.69) is 46.9 Å². The van der Waals surface area contributed by atoms with Gasteiger partial charge in [-0.25, -0.2) is 0 Å². The van der Waals surface area contributed by atoms with Crippen molar-refractivity contribution >= 4 is 15.9 Å². The molecule has 2 unspecified atom stereocenters. The Morgan fingerprint density at radius 1 is 1.38 bits per heavy atom. The smallest absolute Gasteiger partial charge is 0.119 e. The Morgan fingerprint density at radius 3 is 2.76 bits per heavy atom. The lowest BCUT2D eigenvalue weighted by atomic mass is 9.98. The van der Waals surface area contributed by atoms with Crippen molar-refractivity contribution in [2.24, 2.45) is 0 Å². The van der Waals surface area contributed by atoms with Gasteiger partial charge < -0.3 is 10.1 Å². The van der Waals surface area contributed by atoms with E-state index in [4.69, 9.17) is 4.74 Å². The van der Waals surface area contributed by atoms with Crippen LogP contribution in [0.25, 0.3) is 0 Å². The zero-order chi connectivity index (χ0) is 15.3. The van der Waals surface area contributed by atoms with Gasteiger partial charge in [-0.2, -0.15) is 0 Å². The third kappa shape index (κ3) is 4.97. The molecular formula is C17H27BrN2O. The van der Waals surface area contributed by atoms with Crippen LogP contribution in [0.5, 0.6) is 5.75 Å². The molecule has 1 N–H and O–H groups in total. The Balaban J connectivity index is 1.86. The minimum Gasteiger partial charge on any atom is -0.492 e. The average molecular weight is 355 g/mol. The van der Waals surface area contributed by atoms with Gasteiger partial charge in [-0.15, -0.1) is 0 Å². The molecule has 1 saturated heterocycles. The van der Waals surface area contributed by atoms with Crippen molar-refractivity contribution in [3.8, 4) is 5.75 Å². The molecule has 1 aromatic carbocycles. The van der Waals surface area contributed by atoms with E-state index in [1.54, 1.807) is 0 Å². The second kappa shape index (κ2) is 7.61. The number of halogens is 1. The summed E-state index contributed by atoms with van der Waals surface area (Å²) < 4.78 is 6.96. The molecule has 2 rings (SSSR count). The first-order chi connectivity index (χ1) is 10.0. The van der Waals surface area contributed by atoms with Crippen molar-refractivity contribution in [1.82, 2.24) is 10.2 Å². The highest BCUT2D eigenvalue weighted by molar-refractivity contribution is 9.10. The lowest BCUT2D eigenvalue weighted by molar-refractivity contribution is 0.142. The number of rotatable bonds is 5. The summed E-state index contributed by atoms with van der Waals surface area (Å²) in [6, 6.07) is 8.66. The van der Waals surface area contributed by atoms with Gasteiger partial charge in [0.2, 0.25) is 0 Å². The fourth-order valence-electron chi connectivity index (χ4n) is 2.77. The van der Waals surface area contributed by atoms with Crippen LogP contribution in [0.1, 0.15) is 33.6 Å². The summed E-state index contributed by atoms with van der Waals surface area (Å²) in [5.74, 6) is 0.942. The molecule has 0 aromatic heterocycles. The first-order valence-electron chi connectivity index (χ1n) is 7.90.